The quantitative estimate of drug-likeness (QED) is 0.858. The lowest BCUT2D eigenvalue weighted by Gasteiger charge is -2.37. The van der Waals surface area contributed by atoms with Crippen molar-refractivity contribution in [2.24, 2.45) is 11.3 Å². The van der Waals surface area contributed by atoms with Crippen LogP contribution in [0.15, 0.2) is 24.3 Å². The first kappa shape index (κ1) is 18.2. The minimum atomic E-state index is -0.217. The third kappa shape index (κ3) is 3.15. The van der Waals surface area contributed by atoms with Crippen molar-refractivity contribution in [1.82, 2.24) is 10.6 Å². The SMILES string of the molecule is Cl.O=C1Cc2ccccc2N1CCNC(=O)[C@@]12CCCC[C@H]1CNC2. The highest BCUT2D eigenvalue weighted by Gasteiger charge is 2.49. The van der Waals surface area contributed by atoms with Gasteiger partial charge in [0.15, 0.2) is 0 Å². The molecule has 1 aliphatic carbocycles. The molecule has 2 N–H and O–H groups in total. The van der Waals surface area contributed by atoms with Crippen molar-refractivity contribution >= 4 is 29.9 Å². The maximum Gasteiger partial charge on any atom is 0.231 e. The van der Waals surface area contributed by atoms with Gasteiger partial charge in [-0.2, -0.15) is 0 Å². The molecule has 0 spiro atoms. The summed E-state index contributed by atoms with van der Waals surface area (Å²) in [5.41, 5.74) is 1.86. The number of anilines is 1. The van der Waals surface area contributed by atoms with Gasteiger partial charge in [0, 0.05) is 25.3 Å². The predicted octanol–water partition coefficient (Wildman–Crippen LogP) is 1.89. The molecule has 25 heavy (non-hydrogen) atoms. The Morgan fingerprint density at radius 1 is 1.32 bits per heavy atom. The summed E-state index contributed by atoms with van der Waals surface area (Å²) >= 11 is 0. The second-order valence-corrected chi connectivity index (χ2v) is 7.34. The normalized spacial score (nSPS) is 27.4. The number of nitrogens with one attached hydrogen (secondary N) is 2. The van der Waals surface area contributed by atoms with Crippen LogP contribution in [0.2, 0.25) is 0 Å². The van der Waals surface area contributed by atoms with Crippen molar-refractivity contribution in [3.05, 3.63) is 29.8 Å². The molecular formula is C19H26ClN3O2. The van der Waals surface area contributed by atoms with Crippen LogP contribution in [-0.4, -0.2) is 38.0 Å². The van der Waals surface area contributed by atoms with E-state index in [2.05, 4.69) is 10.6 Å². The Kier molecular flexibility index (Phi) is 5.35. The van der Waals surface area contributed by atoms with Gasteiger partial charge in [-0.1, -0.05) is 31.0 Å². The Bertz CT molecular complexity index is 666. The van der Waals surface area contributed by atoms with Crippen molar-refractivity contribution in [2.75, 3.05) is 31.1 Å². The number of fused-ring (bicyclic) bond motifs is 2. The number of hydrogen-bond donors (Lipinski definition) is 2. The van der Waals surface area contributed by atoms with Crippen molar-refractivity contribution < 1.29 is 9.59 Å². The molecule has 2 amide bonds. The van der Waals surface area contributed by atoms with Crippen LogP contribution in [0.5, 0.6) is 0 Å². The average Bonchev–Trinajstić information content (AvgIpc) is 3.17. The molecule has 2 heterocycles. The molecule has 0 radical (unpaired) electrons. The molecular weight excluding hydrogens is 338 g/mol. The monoisotopic (exact) mass is 363 g/mol. The van der Waals surface area contributed by atoms with Crippen LogP contribution < -0.4 is 15.5 Å². The number of benzene rings is 1. The molecule has 1 saturated heterocycles. The Hall–Kier alpha value is -1.59. The number of hydrogen-bond acceptors (Lipinski definition) is 3. The molecule has 1 saturated carbocycles. The second-order valence-electron chi connectivity index (χ2n) is 7.34. The zero-order valence-electron chi connectivity index (χ0n) is 14.4. The fraction of sp³-hybridized carbons (Fsp3) is 0.579. The molecule has 1 aromatic carbocycles. The molecule has 2 atom stereocenters. The van der Waals surface area contributed by atoms with Crippen LogP contribution in [0.4, 0.5) is 5.69 Å². The van der Waals surface area contributed by atoms with E-state index < -0.39 is 0 Å². The van der Waals surface area contributed by atoms with E-state index in [-0.39, 0.29) is 29.6 Å². The zero-order valence-corrected chi connectivity index (χ0v) is 15.2. The Labute approximate surface area is 154 Å². The molecule has 2 fully saturated rings. The van der Waals surface area contributed by atoms with Gasteiger partial charge in [0.05, 0.1) is 11.8 Å². The summed E-state index contributed by atoms with van der Waals surface area (Å²) in [4.78, 5) is 26.8. The van der Waals surface area contributed by atoms with Crippen LogP contribution in [0.3, 0.4) is 0 Å². The van der Waals surface area contributed by atoms with E-state index in [1.165, 1.54) is 6.42 Å². The van der Waals surface area contributed by atoms with E-state index in [0.29, 0.717) is 25.4 Å². The summed E-state index contributed by atoms with van der Waals surface area (Å²) < 4.78 is 0. The lowest BCUT2D eigenvalue weighted by molar-refractivity contribution is -0.134. The van der Waals surface area contributed by atoms with Crippen molar-refractivity contribution in [3.8, 4) is 0 Å². The first-order chi connectivity index (χ1) is 11.7. The van der Waals surface area contributed by atoms with Gasteiger partial charge in [0.2, 0.25) is 11.8 Å². The van der Waals surface area contributed by atoms with Crippen molar-refractivity contribution in [3.63, 3.8) is 0 Å². The summed E-state index contributed by atoms with van der Waals surface area (Å²) in [6.45, 7) is 2.84. The van der Waals surface area contributed by atoms with E-state index in [1.807, 2.05) is 24.3 Å². The summed E-state index contributed by atoms with van der Waals surface area (Å²) in [6.07, 6.45) is 4.99. The Morgan fingerprint density at radius 2 is 2.16 bits per heavy atom. The van der Waals surface area contributed by atoms with Crippen LogP contribution >= 0.6 is 12.4 Å². The van der Waals surface area contributed by atoms with Gasteiger partial charge in [0.25, 0.3) is 0 Å². The molecule has 3 aliphatic rings. The number of amides is 2. The smallest absolute Gasteiger partial charge is 0.231 e. The summed E-state index contributed by atoms with van der Waals surface area (Å²) in [5.74, 6) is 0.777. The standard InChI is InChI=1S/C19H25N3O2.ClH/c23-17-11-14-5-1-2-7-16(14)22(17)10-9-21-18(24)19-8-4-3-6-15(19)12-20-13-19;/h1-2,5,7,15,20H,3-4,6,8-13H2,(H,21,24);1H/t15-,19+;/m0./s1. The second kappa shape index (κ2) is 7.34. The fourth-order valence-electron chi connectivity index (χ4n) is 4.71. The molecule has 2 aliphatic heterocycles. The minimum absolute atomic E-state index is 0. The Morgan fingerprint density at radius 3 is 3.04 bits per heavy atom. The molecule has 0 aromatic heterocycles. The average molecular weight is 364 g/mol. The van der Waals surface area contributed by atoms with E-state index in [9.17, 15) is 9.59 Å². The fourth-order valence-corrected chi connectivity index (χ4v) is 4.71. The van der Waals surface area contributed by atoms with E-state index >= 15 is 0 Å². The van der Waals surface area contributed by atoms with Crippen LogP contribution in [0, 0.1) is 11.3 Å². The van der Waals surface area contributed by atoms with Gasteiger partial charge in [-0.25, -0.2) is 0 Å². The molecule has 136 valence electrons. The van der Waals surface area contributed by atoms with Crippen LogP contribution in [0.1, 0.15) is 31.2 Å². The molecule has 1 aromatic rings. The van der Waals surface area contributed by atoms with Gasteiger partial charge in [-0.05, 0) is 36.9 Å². The maximum atomic E-state index is 12.8. The van der Waals surface area contributed by atoms with Crippen molar-refractivity contribution in [1.29, 1.82) is 0 Å². The highest BCUT2D eigenvalue weighted by Crippen LogP contribution is 2.43. The molecule has 4 rings (SSSR count). The van der Waals surface area contributed by atoms with E-state index in [4.69, 9.17) is 0 Å². The number of carbonyl (C=O) groups excluding carboxylic acids is 2. The number of carbonyl (C=O) groups is 2. The maximum absolute atomic E-state index is 12.8. The van der Waals surface area contributed by atoms with E-state index in [0.717, 1.165) is 43.6 Å². The third-order valence-corrected chi connectivity index (χ3v) is 6.04. The highest BCUT2D eigenvalue weighted by atomic mass is 35.5. The Balaban J connectivity index is 0.00000182. The number of nitrogens with zero attached hydrogens (tertiary/aromatic N) is 1. The first-order valence-electron chi connectivity index (χ1n) is 9.08. The number of para-hydroxylation sites is 1. The first-order valence-corrected chi connectivity index (χ1v) is 9.08. The number of rotatable bonds is 4. The zero-order chi connectivity index (χ0) is 16.6. The van der Waals surface area contributed by atoms with Gasteiger partial charge < -0.3 is 15.5 Å². The van der Waals surface area contributed by atoms with Crippen LogP contribution in [-0.2, 0) is 16.0 Å². The topological polar surface area (TPSA) is 61.4 Å². The van der Waals surface area contributed by atoms with Crippen LogP contribution in [0.25, 0.3) is 0 Å². The van der Waals surface area contributed by atoms with E-state index in [1.54, 1.807) is 4.90 Å². The third-order valence-electron chi connectivity index (χ3n) is 6.04. The summed E-state index contributed by atoms with van der Waals surface area (Å²) in [7, 11) is 0. The predicted molar refractivity (Wildman–Crippen MR) is 100 cm³/mol. The van der Waals surface area contributed by atoms with Crippen molar-refractivity contribution in [2.45, 2.75) is 32.1 Å². The van der Waals surface area contributed by atoms with Gasteiger partial charge in [0.1, 0.15) is 0 Å². The lowest BCUT2D eigenvalue weighted by atomic mass is 9.67. The number of halogens is 1. The van der Waals surface area contributed by atoms with Gasteiger partial charge in [-0.3, -0.25) is 9.59 Å². The molecule has 5 nitrogen and oxygen atoms in total. The lowest BCUT2D eigenvalue weighted by Crippen LogP contribution is -2.49. The largest absolute Gasteiger partial charge is 0.354 e. The molecule has 0 unspecified atom stereocenters. The molecule has 6 heteroatoms. The highest BCUT2D eigenvalue weighted by molar-refractivity contribution is 6.01. The van der Waals surface area contributed by atoms with Gasteiger partial charge in [-0.15, -0.1) is 12.4 Å². The summed E-state index contributed by atoms with van der Waals surface area (Å²) in [5, 5.41) is 6.53. The minimum Gasteiger partial charge on any atom is -0.354 e. The summed E-state index contributed by atoms with van der Waals surface area (Å²) in [6, 6.07) is 7.91. The molecule has 0 bridgehead atoms. The van der Waals surface area contributed by atoms with Gasteiger partial charge >= 0.3 is 0 Å².